The van der Waals surface area contributed by atoms with E-state index in [9.17, 15) is 19.0 Å². The van der Waals surface area contributed by atoms with Gasteiger partial charge in [-0.15, -0.1) is 0 Å². The number of nitrogen functional groups attached to an aromatic ring is 2. The van der Waals surface area contributed by atoms with Crippen LogP contribution in [0.2, 0.25) is 0 Å². The molecule has 0 amide bonds. The summed E-state index contributed by atoms with van der Waals surface area (Å²) in [6.07, 6.45) is -5.57. The van der Waals surface area contributed by atoms with Gasteiger partial charge in [0.05, 0.1) is 25.9 Å². The smallest absolute Gasteiger partial charge is 0.386 e. The summed E-state index contributed by atoms with van der Waals surface area (Å²) in [7, 11) is -1.98. The molecule has 9 unspecified atom stereocenters. The second-order valence-electron chi connectivity index (χ2n) is 10.2. The Hall–Kier alpha value is -3.01. The molecule has 24 heteroatoms. The minimum absolute atomic E-state index is 0.0421. The lowest BCUT2D eigenvalue weighted by atomic mass is 10.1. The van der Waals surface area contributed by atoms with Gasteiger partial charge in [0, 0.05) is 7.11 Å². The third kappa shape index (κ3) is 5.44. The van der Waals surface area contributed by atoms with Crippen LogP contribution in [0.4, 0.5) is 11.8 Å². The van der Waals surface area contributed by atoms with Gasteiger partial charge in [-0.3, -0.25) is 32.5 Å². The number of imidazole rings is 2. The summed E-state index contributed by atoms with van der Waals surface area (Å²) in [5.74, 6) is -0.0700. The molecule has 242 valence electrons. The number of nitrogens with two attached hydrogens (primary N) is 2. The maximum absolute atomic E-state index is 13.7. The molecule has 0 spiro atoms. The van der Waals surface area contributed by atoms with Crippen molar-refractivity contribution in [1.29, 1.82) is 0 Å². The van der Waals surface area contributed by atoms with Crippen molar-refractivity contribution in [3.63, 3.8) is 0 Å². The molecule has 10 atom stereocenters. The quantitative estimate of drug-likeness (QED) is 0.134. The van der Waals surface area contributed by atoms with Crippen molar-refractivity contribution in [2.24, 2.45) is 0 Å². The van der Waals surface area contributed by atoms with Crippen molar-refractivity contribution < 1.29 is 46.5 Å². The molecule has 3 saturated heterocycles. The number of methoxy groups -OCH3 is 1. The van der Waals surface area contributed by atoms with E-state index in [2.05, 4.69) is 42.2 Å². The van der Waals surface area contributed by atoms with E-state index < -0.39 is 76.3 Å². The largest absolute Gasteiger partial charge is 0.386 e. The van der Waals surface area contributed by atoms with Crippen LogP contribution in [-0.2, 0) is 41.4 Å². The summed E-state index contributed by atoms with van der Waals surface area (Å²) in [5, 5.41) is 11.2. The van der Waals surface area contributed by atoms with Gasteiger partial charge in [0.1, 0.15) is 48.5 Å². The number of aliphatic hydroxyl groups is 1. The summed E-state index contributed by atoms with van der Waals surface area (Å²) in [4.78, 5) is 35.2. The molecule has 2 bridgehead atoms. The van der Waals surface area contributed by atoms with Crippen LogP contribution >= 0.6 is 27.3 Å². The highest BCUT2D eigenvalue weighted by Gasteiger charge is 2.52. The van der Waals surface area contributed by atoms with Crippen LogP contribution in [0.1, 0.15) is 12.5 Å². The molecule has 3 aliphatic heterocycles. The van der Waals surface area contributed by atoms with Crippen molar-refractivity contribution in [2.75, 3.05) is 31.8 Å². The van der Waals surface area contributed by atoms with Gasteiger partial charge in [0.15, 0.2) is 35.1 Å². The number of rotatable bonds is 3. The zero-order chi connectivity index (χ0) is 31.6. The van der Waals surface area contributed by atoms with E-state index in [-0.39, 0.29) is 40.7 Å². The van der Waals surface area contributed by atoms with Gasteiger partial charge in [-0.05, 0) is 0 Å². The minimum Gasteiger partial charge on any atom is -0.386 e. The van der Waals surface area contributed by atoms with Crippen molar-refractivity contribution in [3.8, 4) is 0 Å². The average Bonchev–Trinajstić information content (AvgIpc) is 3.75. The van der Waals surface area contributed by atoms with Crippen LogP contribution < -0.4 is 17.0 Å². The van der Waals surface area contributed by atoms with Gasteiger partial charge in [-0.2, -0.15) is 4.98 Å². The number of thiol groups is 1. The van der Waals surface area contributed by atoms with E-state index in [4.69, 9.17) is 43.8 Å². The number of nitrogens with one attached hydrogen (secondary N) is 1. The number of aromatic amines is 1. The molecule has 0 saturated carbocycles. The van der Waals surface area contributed by atoms with Crippen molar-refractivity contribution in [2.45, 2.75) is 49.1 Å². The number of hydrogen-bond acceptors (Lipinski definition) is 18. The van der Waals surface area contributed by atoms with E-state index in [1.807, 2.05) is 0 Å². The molecule has 0 aliphatic carbocycles. The first kappa shape index (κ1) is 30.6. The number of aromatic nitrogens is 8. The molecule has 3 aliphatic rings. The molecule has 6 N–H and O–H groups in total. The summed E-state index contributed by atoms with van der Waals surface area (Å²) in [6, 6.07) is 0. The molecule has 3 fully saturated rings. The van der Waals surface area contributed by atoms with Crippen LogP contribution in [0, 0.1) is 0 Å². The normalized spacial score (nSPS) is 36.0. The fourth-order valence-corrected chi connectivity index (χ4v) is 7.86. The van der Waals surface area contributed by atoms with Crippen LogP contribution in [-0.4, -0.2) is 101 Å². The summed E-state index contributed by atoms with van der Waals surface area (Å²) in [6.45, 7) is -5.13. The standard InChI is InChI=1S/C21H26N10O11P2S/c1-36-13-7-2-37-43(34)41-12-8(39-19(11(12)32)30-5-26-9-15(22)24-4-25-16(9)30)3-38-44(35,45)42-14(13)20(40-7)31-6-27-10-17(31)28-21(23)29-18(10)33/h4-8,11-14,19-20,32,43H,2-3H2,1H3,(H,35,45)(H2,22,24,25)(H3,23,28,29,33)/t7?,8?,11?,12?,13?,14?,19?,20?,44-/m0/s1. The lowest BCUT2D eigenvalue weighted by molar-refractivity contribution is -0.0576. The third-order valence-electron chi connectivity index (χ3n) is 7.51. The molecule has 21 nitrogen and oxygen atoms in total. The van der Waals surface area contributed by atoms with E-state index in [1.165, 1.54) is 35.2 Å². The summed E-state index contributed by atoms with van der Waals surface area (Å²) < 4.78 is 69.9. The predicted octanol–water partition coefficient (Wildman–Crippen LogP) is -0.461. The molecule has 4 aromatic heterocycles. The van der Waals surface area contributed by atoms with Gasteiger partial charge in [-0.25, -0.2) is 24.5 Å². The first-order chi connectivity index (χ1) is 21.5. The topological polar surface area (TPSA) is 278 Å². The SMILES string of the molecule is COC1C2CO[PH](=O)OC3C(CO[P@](=O)(S)OC1C(n1cnc4c(=O)[nH]c(N)nc41)O2)OC(n1cnc2c(N)ncnc21)C3O. The maximum Gasteiger partial charge on any atom is 0.386 e. The Morgan fingerprint density at radius 3 is 2.58 bits per heavy atom. The number of ether oxygens (including phenoxy) is 3. The van der Waals surface area contributed by atoms with E-state index in [0.717, 1.165) is 0 Å². The highest BCUT2D eigenvalue weighted by Crippen LogP contribution is 2.57. The molecule has 7 heterocycles. The highest BCUT2D eigenvalue weighted by atomic mass is 32.7. The zero-order valence-electron chi connectivity index (χ0n) is 23.0. The zero-order valence-corrected chi connectivity index (χ0v) is 25.8. The number of nitrogens with zero attached hydrogens (tertiary/aromatic N) is 7. The predicted molar refractivity (Wildman–Crippen MR) is 154 cm³/mol. The van der Waals surface area contributed by atoms with Crippen molar-refractivity contribution >= 4 is 61.4 Å². The Bertz CT molecular complexity index is 1890. The Morgan fingerprint density at radius 2 is 1.80 bits per heavy atom. The number of H-pyrrole nitrogens is 1. The lowest BCUT2D eigenvalue weighted by Crippen LogP contribution is -2.36. The van der Waals surface area contributed by atoms with Gasteiger partial charge in [0.2, 0.25) is 5.95 Å². The van der Waals surface area contributed by atoms with Crippen molar-refractivity contribution in [3.05, 3.63) is 29.3 Å². The number of hydrogen-bond donors (Lipinski definition) is 5. The van der Waals surface area contributed by atoms with Crippen molar-refractivity contribution in [1.82, 2.24) is 39.0 Å². The molecule has 0 radical (unpaired) electrons. The Morgan fingerprint density at radius 1 is 1.07 bits per heavy atom. The second-order valence-corrected chi connectivity index (χ2v) is 14.1. The van der Waals surface area contributed by atoms with Crippen LogP contribution in [0.5, 0.6) is 0 Å². The fourth-order valence-electron chi connectivity index (χ4n) is 5.53. The average molecular weight is 689 g/mol. The highest BCUT2D eigenvalue weighted by molar-refractivity contribution is 8.44. The number of fused-ring (bicyclic) bond motifs is 5. The van der Waals surface area contributed by atoms with Crippen LogP contribution in [0.15, 0.2) is 23.8 Å². The number of anilines is 2. The number of aliphatic hydroxyl groups excluding tert-OH is 1. The summed E-state index contributed by atoms with van der Waals surface area (Å²) >= 11 is 4.17. The molecule has 7 rings (SSSR count). The van der Waals surface area contributed by atoms with E-state index in [0.29, 0.717) is 0 Å². The Kier molecular flexibility index (Phi) is 7.94. The van der Waals surface area contributed by atoms with Crippen LogP contribution in [0.25, 0.3) is 22.3 Å². The van der Waals surface area contributed by atoms with Gasteiger partial charge >= 0.3 is 15.1 Å². The third-order valence-corrected chi connectivity index (χ3v) is 9.99. The van der Waals surface area contributed by atoms with Gasteiger partial charge in [0.25, 0.3) is 5.56 Å². The van der Waals surface area contributed by atoms with E-state index >= 15 is 0 Å². The minimum atomic E-state index is -4.27. The van der Waals surface area contributed by atoms with Gasteiger partial charge < -0.3 is 39.8 Å². The maximum atomic E-state index is 13.7. The molecule has 0 aromatic carbocycles. The Balaban J connectivity index is 1.20. The second kappa shape index (κ2) is 11.7. The fraction of sp³-hybridized carbons (Fsp3) is 0.524. The first-order valence-electron chi connectivity index (χ1n) is 13.2. The van der Waals surface area contributed by atoms with Gasteiger partial charge in [-0.1, -0.05) is 12.2 Å². The van der Waals surface area contributed by atoms with E-state index in [1.54, 1.807) is 0 Å². The monoisotopic (exact) mass is 688 g/mol. The Labute approximate surface area is 257 Å². The molecular weight excluding hydrogens is 662 g/mol. The first-order valence-corrected chi connectivity index (χ1v) is 17.1. The molecule has 45 heavy (non-hydrogen) atoms. The molecule has 4 aromatic rings. The van der Waals surface area contributed by atoms with Crippen LogP contribution in [0.3, 0.4) is 0 Å². The molecular formula is C21H26N10O11P2S. The summed E-state index contributed by atoms with van der Waals surface area (Å²) in [5.41, 5.74) is 11.6. The lowest BCUT2D eigenvalue weighted by Gasteiger charge is -2.26.